The zero-order chi connectivity index (χ0) is 18.1. The van der Waals surface area contributed by atoms with Crippen LogP contribution in [0.1, 0.15) is 41.6 Å². The van der Waals surface area contributed by atoms with Crippen LogP contribution in [0.5, 0.6) is 5.75 Å². The molecule has 1 fully saturated rings. The van der Waals surface area contributed by atoms with Gasteiger partial charge in [-0.15, -0.1) is 0 Å². The highest BCUT2D eigenvalue weighted by Gasteiger charge is 2.43. The Hall–Kier alpha value is -2.82. The van der Waals surface area contributed by atoms with Gasteiger partial charge in [0.05, 0.1) is 11.5 Å². The highest BCUT2D eigenvalue weighted by Crippen LogP contribution is 2.34. The minimum Gasteiger partial charge on any atom is -0.467 e. The number of fused-ring (bicyclic) bond motifs is 1. The number of benzene rings is 2. The van der Waals surface area contributed by atoms with Crippen LogP contribution in [-0.4, -0.2) is 35.5 Å². The summed E-state index contributed by atoms with van der Waals surface area (Å²) in [5.41, 5.74) is 0.876. The third kappa shape index (κ3) is 2.94. The number of para-hydroxylation sites is 1. The standard InChI is InChI=1S/C21H22N2O3/c1-15(16-7-3-2-4-8-16)20(25)23-13-11-21(12-14-23)22-19(24)17-9-5-6-10-18(17)26-21/h2-10,15H,11-14H2,1H3,(H,22,24). The molecular weight excluding hydrogens is 328 g/mol. The maximum atomic E-state index is 12.8. The SMILES string of the molecule is CC(C(=O)N1CCC2(CC1)NC(=O)c1ccccc1O2)c1ccccc1. The van der Waals surface area contributed by atoms with Crippen molar-refractivity contribution in [3.05, 3.63) is 65.7 Å². The third-order valence-electron chi connectivity index (χ3n) is 5.33. The molecule has 1 spiro atoms. The number of carbonyl (C=O) groups excluding carboxylic acids is 2. The molecule has 4 rings (SSSR count). The van der Waals surface area contributed by atoms with Crippen LogP contribution in [0.2, 0.25) is 0 Å². The Labute approximate surface area is 153 Å². The molecular formula is C21H22N2O3. The van der Waals surface area contributed by atoms with Crippen molar-refractivity contribution in [3.8, 4) is 5.75 Å². The molecule has 26 heavy (non-hydrogen) atoms. The minimum atomic E-state index is -0.710. The van der Waals surface area contributed by atoms with E-state index < -0.39 is 5.72 Å². The molecule has 1 unspecified atom stereocenters. The molecule has 2 aromatic carbocycles. The van der Waals surface area contributed by atoms with E-state index in [-0.39, 0.29) is 17.7 Å². The molecule has 2 amide bonds. The zero-order valence-corrected chi connectivity index (χ0v) is 14.8. The lowest BCUT2D eigenvalue weighted by Crippen LogP contribution is -2.61. The number of nitrogens with one attached hydrogen (secondary N) is 1. The van der Waals surface area contributed by atoms with Gasteiger partial charge in [-0.25, -0.2) is 0 Å². The quantitative estimate of drug-likeness (QED) is 0.906. The van der Waals surface area contributed by atoms with Crippen LogP contribution in [0.25, 0.3) is 0 Å². The van der Waals surface area contributed by atoms with Crippen LogP contribution in [0, 0.1) is 0 Å². The van der Waals surface area contributed by atoms with E-state index >= 15 is 0 Å². The van der Waals surface area contributed by atoms with Crippen molar-refractivity contribution in [1.29, 1.82) is 0 Å². The summed E-state index contributed by atoms with van der Waals surface area (Å²) in [5, 5.41) is 3.01. The Kier molecular flexibility index (Phi) is 4.15. The normalized spacial score (nSPS) is 19.3. The van der Waals surface area contributed by atoms with Crippen molar-refractivity contribution in [2.24, 2.45) is 0 Å². The van der Waals surface area contributed by atoms with E-state index in [0.29, 0.717) is 37.2 Å². The van der Waals surface area contributed by atoms with Gasteiger partial charge in [-0.2, -0.15) is 0 Å². The first-order valence-electron chi connectivity index (χ1n) is 9.02. The van der Waals surface area contributed by atoms with Gasteiger partial charge in [-0.05, 0) is 24.6 Å². The van der Waals surface area contributed by atoms with Crippen molar-refractivity contribution < 1.29 is 14.3 Å². The predicted octanol–water partition coefficient (Wildman–Crippen LogP) is 2.93. The molecule has 0 radical (unpaired) electrons. The molecule has 1 atom stereocenters. The Bertz CT molecular complexity index is 826. The molecule has 2 aliphatic heterocycles. The number of hydrogen-bond acceptors (Lipinski definition) is 3. The van der Waals surface area contributed by atoms with E-state index in [1.165, 1.54) is 0 Å². The van der Waals surface area contributed by atoms with Crippen molar-refractivity contribution in [2.75, 3.05) is 13.1 Å². The fourth-order valence-corrected chi connectivity index (χ4v) is 3.73. The molecule has 5 heteroatoms. The number of amides is 2. The predicted molar refractivity (Wildman–Crippen MR) is 97.9 cm³/mol. The van der Waals surface area contributed by atoms with Crippen molar-refractivity contribution in [3.63, 3.8) is 0 Å². The Morgan fingerprint density at radius 3 is 2.46 bits per heavy atom. The monoisotopic (exact) mass is 350 g/mol. The van der Waals surface area contributed by atoms with Gasteiger partial charge in [0.1, 0.15) is 5.75 Å². The summed E-state index contributed by atoms with van der Waals surface area (Å²) in [7, 11) is 0. The van der Waals surface area contributed by atoms with Gasteiger partial charge in [-0.3, -0.25) is 9.59 Å². The second-order valence-electron chi connectivity index (χ2n) is 7.00. The second-order valence-corrected chi connectivity index (χ2v) is 7.00. The first kappa shape index (κ1) is 16.6. The summed E-state index contributed by atoms with van der Waals surface area (Å²) in [6.07, 6.45) is 1.17. The maximum absolute atomic E-state index is 12.8. The van der Waals surface area contributed by atoms with Crippen molar-refractivity contribution in [2.45, 2.75) is 31.4 Å². The Morgan fingerprint density at radius 2 is 1.73 bits per heavy atom. The first-order chi connectivity index (χ1) is 12.6. The number of ether oxygens (including phenoxy) is 1. The number of likely N-dealkylation sites (tertiary alicyclic amines) is 1. The largest absolute Gasteiger partial charge is 0.467 e. The summed E-state index contributed by atoms with van der Waals surface area (Å²) < 4.78 is 6.13. The molecule has 0 aromatic heterocycles. The van der Waals surface area contributed by atoms with E-state index in [4.69, 9.17) is 4.74 Å². The molecule has 1 N–H and O–H groups in total. The van der Waals surface area contributed by atoms with Gasteiger partial charge >= 0.3 is 0 Å². The van der Waals surface area contributed by atoms with E-state index in [2.05, 4.69) is 5.32 Å². The van der Waals surface area contributed by atoms with Crippen LogP contribution in [-0.2, 0) is 4.79 Å². The smallest absolute Gasteiger partial charge is 0.258 e. The van der Waals surface area contributed by atoms with E-state index in [1.807, 2.05) is 60.4 Å². The van der Waals surface area contributed by atoms with Gasteiger partial charge in [0.2, 0.25) is 5.91 Å². The summed E-state index contributed by atoms with van der Waals surface area (Å²) in [6.45, 7) is 3.08. The number of nitrogens with zero attached hydrogens (tertiary/aromatic N) is 1. The maximum Gasteiger partial charge on any atom is 0.258 e. The lowest BCUT2D eigenvalue weighted by atomic mass is 9.94. The van der Waals surface area contributed by atoms with E-state index in [1.54, 1.807) is 6.07 Å². The lowest BCUT2D eigenvalue weighted by molar-refractivity contribution is -0.136. The Balaban J connectivity index is 1.45. The average Bonchev–Trinajstić information content (AvgIpc) is 2.68. The van der Waals surface area contributed by atoms with Crippen LogP contribution in [0.4, 0.5) is 0 Å². The molecule has 134 valence electrons. The lowest BCUT2D eigenvalue weighted by Gasteiger charge is -2.44. The second kappa shape index (κ2) is 6.48. The van der Waals surface area contributed by atoms with Crippen LogP contribution < -0.4 is 10.1 Å². The number of rotatable bonds is 2. The van der Waals surface area contributed by atoms with Gasteiger partial charge in [0, 0.05) is 25.9 Å². The molecule has 2 aromatic rings. The highest BCUT2D eigenvalue weighted by molar-refractivity contribution is 5.98. The Morgan fingerprint density at radius 1 is 1.08 bits per heavy atom. The number of carbonyl (C=O) groups is 2. The molecule has 0 aliphatic carbocycles. The van der Waals surface area contributed by atoms with Crippen LogP contribution >= 0.6 is 0 Å². The summed E-state index contributed by atoms with van der Waals surface area (Å²) in [4.78, 5) is 27.1. The molecule has 2 aliphatic rings. The van der Waals surface area contributed by atoms with Gasteiger partial charge in [0.25, 0.3) is 5.91 Å². The molecule has 1 saturated heterocycles. The molecule has 0 bridgehead atoms. The summed E-state index contributed by atoms with van der Waals surface area (Å²) in [5.74, 6) is 0.458. The van der Waals surface area contributed by atoms with Gasteiger partial charge in [-0.1, -0.05) is 42.5 Å². The molecule has 5 nitrogen and oxygen atoms in total. The van der Waals surface area contributed by atoms with Crippen molar-refractivity contribution in [1.82, 2.24) is 10.2 Å². The number of hydrogen-bond donors (Lipinski definition) is 1. The molecule has 2 heterocycles. The first-order valence-corrected chi connectivity index (χ1v) is 9.02. The molecule has 0 saturated carbocycles. The van der Waals surface area contributed by atoms with E-state index in [0.717, 1.165) is 5.56 Å². The van der Waals surface area contributed by atoms with Crippen LogP contribution in [0.3, 0.4) is 0 Å². The fourth-order valence-electron chi connectivity index (χ4n) is 3.73. The van der Waals surface area contributed by atoms with Gasteiger partial charge < -0.3 is 15.0 Å². The van der Waals surface area contributed by atoms with Crippen LogP contribution in [0.15, 0.2) is 54.6 Å². The van der Waals surface area contributed by atoms with Crippen molar-refractivity contribution >= 4 is 11.8 Å². The van der Waals surface area contributed by atoms with Gasteiger partial charge in [0.15, 0.2) is 5.72 Å². The van der Waals surface area contributed by atoms with E-state index in [9.17, 15) is 9.59 Å². The third-order valence-corrected chi connectivity index (χ3v) is 5.33. The topological polar surface area (TPSA) is 58.6 Å². The summed E-state index contributed by atoms with van der Waals surface area (Å²) >= 11 is 0. The zero-order valence-electron chi connectivity index (χ0n) is 14.8. The number of piperidine rings is 1. The highest BCUT2D eigenvalue weighted by atomic mass is 16.5. The summed E-state index contributed by atoms with van der Waals surface area (Å²) in [6, 6.07) is 17.1. The average molecular weight is 350 g/mol. The fraction of sp³-hybridized carbons (Fsp3) is 0.333. The minimum absolute atomic E-state index is 0.107.